The van der Waals surface area contributed by atoms with Gasteiger partial charge in [0.25, 0.3) is 20.2 Å². The van der Waals surface area contributed by atoms with Gasteiger partial charge in [-0.25, -0.2) is 0 Å². The van der Waals surface area contributed by atoms with E-state index in [1.54, 1.807) is 12.1 Å². The minimum Gasteiger partial charge on any atom is -0.706 e. The molecule has 0 fully saturated rings. The molecule has 3 aromatic carbocycles. The van der Waals surface area contributed by atoms with Crippen LogP contribution in [0, 0.1) is 0 Å². The van der Waals surface area contributed by atoms with Gasteiger partial charge in [-0.1, -0.05) is 12.8 Å². The summed E-state index contributed by atoms with van der Waals surface area (Å²) >= 11 is 12.0. The van der Waals surface area contributed by atoms with E-state index < -0.39 is 43.0 Å². The molecule has 54 heavy (non-hydrogen) atoms. The number of unbranched alkanes of at least 4 members (excludes halogenated alkanes) is 4. The van der Waals surface area contributed by atoms with E-state index in [1.807, 2.05) is 39.8 Å². The standard InChI is InChI=1S/C38H44N2O10S4/c1-37(2)27-19-23(53(45,46)47)13-15-29(27)39(17-9-5-7-11-33(41)42)31(37)21-25-35(51)26(36(25)52)22-32-38(3,4)28-20-24(54(48,49)50)14-16-30(28)40(32)18-10-6-8-12-34(43)44/h13-16,19-22H,5-12,17-18H2,1-4H3,(H4-,41,42,43,44,45,46,47,48,49,50,51). The van der Waals surface area contributed by atoms with Crippen LogP contribution in [-0.2, 0) is 65.9 Å². The van der Waals surface area contributed by atoms with Crippen LogP contribution in [0.25, 0.3) is 12.2 Å². The molecule has 5 rings (SSSR count). The van der Waals surface area contributed by atoms with E-state index in [9.17, 15) is 35.5 Å². The number of allylic oxidation sites excluding steroid dienone is 2. The topological polar surface area (TPSA) is 190 Å². The SMILES string of the molecule is CC1(C)C(=Cc2c([S-])[c+](C=C3N(CCCCCC(=O)O)c4ccc(S(=O)(=O)O)cc4C3(C)C)[c+]2[S-])N(CCCCCC(=O)O)c2ccc(S(=O)(=O)O)cc21. The van der Waals surface area contributed by atoms with E-state index in [0.717, 1.165) is 22.8 Å². The van der Waals surface area contributed by atoms with Crippen molar-refractivity contribution in [3.8, 4) is 0 Å². The van der Waals surface area contributed by atoms with Crippen molar-refractivity contribution in [1.82, 2.24) is 0 Å². The normalized spacial score (nSPS) is 17.7. The number of hydrogen-bond acceptors (Lipinski definition) is 10. The zero-order valence-electron chi connectivity index (χ0n) is 30.5. The van der Waals surface area contributed by atoms with Crippen molar-refractivity contribution in [2.24, 2.45) is 0 Å². The molecule has 0 saturated heterocycles. The zero-order chi connectivity index (χ0) is 40.0. The molecular weight excluding hydrogens is 773 g/mol. The van der Waals surface area contributed by atoms with Crippen LogP contribution in [0.5, 0.6) is 0 Å². The Morgan fingerprint density at radius 2 is 1.15 bits per heavy atom. The molecule has 0 amide bonds. The summed E-state index contributed by atoms with van der Waals surface area (Å²) in [5, 5.41) is 18.2. The molecule has 3 aromatic rings. The Balaban J connectivity index is 1.54. The Labute approximate surface area is 327 Å². The molecule has 4 N–H and O–H groups in total. The summed E-state index contributed by atoms with van der Waals surface area (Å²) in [6.07, 6.45) is 7.62. The number of fused-ring (bicyclic) bond motifs is 2. The molecule has 0 atom stereocenters. The molecule has 290 valence electrons. The quantitative estimate of drug-likeness (QED) is 0.0501. The summed E-state index contributed by atoms with van der Waals surface area (Å²) in [6, 6.07) is 8.96. The highest BCUT2D eigenvalue weighted by molar-refractivity contribution is 7.86. The van der Waals surface area contributed by atoms with E-state index >= 15 is 0 Å². The van der Waals surface area contributed by atoms with Crippen molar-refractivity contribution in [2.45, 2.75) is 109 Å². The van der Waals surface area contributed by atoms with Gasteiger partial charge in [-0.2, -0.15) is 16.8 Å². The van der Waals surface area contributed by atoms with Gasteiger partial charge in [0.1, 0.15) is 22.9 Å². The first kappa shape index (κ1) is 41.4. The summed E-state index contributed by atoms with van der Waals surface area (Å²) in [6.45, 7) is 8.81. The second kappa shape index (κ2) is 15.4. The highest BCUT2D eigenvalue weighted by Gasteiger charge is 2.46. The van der Waals surface area contributed by atoms with Crippen LogP contribution in [-0.4, -0.2) is 61.2 Å². The molecule has 0 radical (unpaired) electrons. The number of hydrogen-bond donors (Lipinski definition) is 4. The fraction of sp³-hybridized carbons (Fsp3) is 0.421. The van der Waals surface area contributed by atoms with Crippen LogP contribution in [0.1, 0.15) is 101 Å². The fourth-order valence-corrected chi connectivity index (χ4v) is 9.23. The molecule has 0 saturated carbocycles. The number of rotatable bonds is 16. The lowest BCUT2D eigenvalue weighted by Gasteiger charge is -2.28. The van der Waals surface area contributed by atoms with Crippen molar-refractivity contribution in [3.63, 3.8) is 0 Å². The number of nitrogens with zero attached hydrogens (tertiary/aromatic N) is 2. The second-order valence-electron chi connectivity index (χ2n) is 14.8. The summed E-state index contributed by atoms with van der Waals surface area (Å²) in [7, 11) is -8.94. The second-order valence-corrected chi connectivity index (χ2v) is 18.5. The van der Waals surface area contributed by atoms with Crippen LogP contribution in [0.15, 0.2) is 67.4 Å². The van der Waals surface area contributed by atoms with Crippen LogP contribution in [0.2, 0.25) is 0 Å². The summed E-state index contributed by atoms with van der Waals surface area (Å²) in [4.78, 5) is 26.8. The molecule has 0 aromatic heterocycles. The van der Waals surface area contributed by atoms with Gasteiger partial charge in [0.05, 0.1) is 32.7 Å². The van der Waals surface area contributed by atoms with E-state index in [1.165, 1.54) is 24.3 Å². The van der Waals surface area contributed by atoms with E-state index in [4.69, 9.17) is 35.5 Å². The first-order chi connectivity index (χ1) is 25.1. The zero-order valence-corrected chi connectivity index (χ0v) is 33.7. The molecule has 12 nitrogen and oxygen atoms in total. The highest BCUT2D eigenvalue weighted by atomic mass is 32.2. The minimum absolute atomic E-state index is 0.0583. The van der Waals surface area contributed by atoms with Gasteiger partial charge in [0.2, 0.25) is 0 Å². The van der Waals surface area contributed by atoms with Crippen LogP contribution < -0.4 is 9.80 Å². The average molecular weight is 817 g/mol. The predicted molar refractivity (Wildman–Crippen MR) is 210 cm³/mol. The third-order valence-electron chi connectivity index (χ3n) is 10.4. The maximum atomic E-state index is 12.1. The van der Waals surface area contributed by atoms with Crippen molar-refractivity contribution in [2.75, 3.05) is 22.9 Å². The summed E-state index contributed by atoms with van der Waals surface area (Å²) in [5.41, 5.74) is 4.33. The van der Waals surface area contributed by atoms with E-state index in [-0.39, 0.29) is 22.6 Å². The van der Waals surface area contributed by atoms with Gasteiger partial charge in [0.15, 0.2) is 0 Å². The third-order valence-corrected chi connectivity index (χ3v) is 13.0. The Morgan fingerprint density at radius 1 is 0.722 bits per heavy atom. The number of aliphatic carboxylic acids is 2. The molecule has 2 heterocycles. The lowest BCUT2D eigenvalue weighted by molar-refractivity contribution is -0.138. The molecule has 0 unspecified atom stereocenters. The summed E-state index contributed by atoms with van der Waals surface area (Å²) in [5.74, 6) is -1.73. The van der Waals surface area contributed by atoms with Gasteiger partial charge < -0.3 is 40.4 Å². The van der Waals surface area contributed by atoms with Gasteiger partial charge >= 0.3 is 11.9 Å². The van der Waals surface area contributed by atoms with Crippen LogP contribution in [0.4, 0.5) is 11.4 Å². The molecule has 2 aliphatic heterocycles. The molecule has 16 heteroatoms. The fourth-order valence-electron chi connectivity index (χ4n) is 7.45. The first-order valence-corrected chi connectivity index (χ1v) is 21.3. The Kier molecular flexibility index (Phi) is 11.8. The molecular formula is C38H44N2O10S4. The highest BCUT2D eigenvalue weighted by Crippen LogP contribution is 2.52. The maximum Gasteiger partial charge on any atom is 0.303 e. The monoisotopic (exact) mass is 816 g/mol. The Morgan fingerprint density at radius 3 is 1.56 bits per heavy atom. The average Bonchev–Trinajstić information content (AvgIpc) is 3.41. The van der Waals surface area contributed by atoms with Crippen LogP contribution >= 0.6 is 0 Å². The molecule has 0 spiro atoms. The third kappa shape index (κ3) is 8.23. The van der Waals surface area contributed by atoms with Gasteiger partial charge in [-0.3, -0.25) is 23.6 Å². The van der Waals surface area contributed by atoms with Crippen molar-refractivity contribution in [3.05, 3.63) is 70.0 Å². The first-order valence-electron chi connectivity index (χ1n) is 17.6. The predicted octanol–water partition coefficient (Wildman–Crippen LogP) is 7.00. The number of carboxylic acid groups (broad SMARTS) is 2. The van der Waals surface area contributed by atoms with Crippen molar-refractivity contribution >= 4 is 81.0 Å². The Hall–Kier alpha value is -3.80. The largest absolute Gasteiger partial charge is 0.706 e. The maximum absolute atomic E-state index is 12.1. The smallest absolute Gasteiger partial charge is 0.303 e. The molecule has 0 bridgehead atoms. The van der Waals surface area contributed by atoms with E-state index in [0.29, 0.717) is 83.7 Å². The number of benzene rings is 2. The molecule has 0 aliphatic carbocycles. The van der Waals surface area contributed by atoms with Crippen LogP contribution in [0.3, 0.4) is 0 Å². The van der Waals surface area contributed by atoms with Gasteiger partial charge in [-0.15, -0.1) is 0 Å². The molecule has 2 aliphatic rings. The van der Waals surface area contributed by atoms with Gasteiger partial charge in [0, 0.05) is 46.8 Å². The summed E-state index contributed by atoms with van der Waals surface area (Å²) < 4.78 is 68.0. The lowest BCUT2D eigenvalue weighted by atomic mass is 9.82. The number of anilines is 2. The minimum atomic E-state index is -4.47. The van der Waals surface area contributed by atoms with Crippen molar-refractivity contribution in [1.29, 1.82) is 0 Å². The number of carbonyl (C=O) groups is 2. The van der Waals surface area contributed by atoms with Gasteiger partial charge in [-0.05, 0) is 101 Å². The van der Waals surface area contributed by atoms with E-state index in [2.05, 4.69) is 9.80 Å². The number of carboxylic acids is 2. The van der Waals surface area contributed by atoms with Crippen molar-refractivity contribution < 1.29 is 45.7 Å². The lowest BCUT2D eigenvalue weighted by Crippen LogP contribution is -2.28. The Bertz CT molecular complexity index is 2070.